The van der Waals surface area contributed by atoms with Crippen LogP contribution in [-0.4, -0.2) is 57.4 Å². The van der Waals surface area contributed by atoms with Gasteiger partial charge in [0.25, 0.3) is 0 Å². The molecule has 5 nitrogen and oxygen atoms in total. The number of nitrogens with zero attached hydrogens (tertiary/aromatic N) is 1. The monoisotopic (exact) mass is 232 g/mol. The quantitative estimate of drug-likeness (QED) is 0.612. The number of primary amides is 1. The molecular formula is C11H24N2O3. The zero-order valence-corrected chi connectivity index (χ0v) is 10.7. The first kappa shape index (κ1) is 15.3. The van der Waals surface area contributed by atoms with E-state index in [0.29, 0.717) is 26.3 Å². The first-order valence-corrected chi connectivity index (χ1v) is 5.55. The maximum Gasteiger partial charge on any atom is 0.235 e. The Bertz CT molecular complexity index is 190. The predicted molar refractivity (Wildman–Crippen MR) is 63.1 cm³/mol. The minimum atomic E-state index is -0.290. The van der Waals surface area contributed by atoms with Crippen LogP contribution in [0.5, 0.6) is 0 Å². The summed E-state index contributed by atoms with van der Waals surface area (Å²) in [5.74, 6) is -0.103. The first-order valence-electron chi connectivity index (χ1n) is 5.55. The molecule has 16 heavy (non-hydrogen) atoms. The molecule has 0 aromatic rings. The molecule has 5 heteroatoms. The molecule has 0 heterocycles. The van der Waals surface area contributed by atoms with Crippen LogP contribution in [0.4, 0.5) is 0 Å². The van der Waals surface area contributed by atoms with Crippen molar-refractivity contribution >= 4 is 5.91 Å². The Morgan fingerprint density at radius 2 is 1.62 bits per heavy atom. The largest absolute Gasteiger partial charge is 0.383 e. The van der Waals surface area contributed by atoms with Crippen LogP contribution in [0.15, 0.2) is 0 Å². The number of hydrogen-bond acceptors (Lipinski definition) is 4. The molecule has 0 rings (SSSR count). The highest BCUT2D eigenvalue weighted by atomic mass is 16.5. The second-order valence-corrected chi connectivity index (χ2v) is 4.11. The fraction of sp³-hybridized carbons (Fsp3) is 0.909. The van der Waals surface area contributed by atoms with Gasteiger partial charge in [-0.3, -0.25) is 9.69 Å². The van der Waals surface area contributed by atoms with Gasteiger partial charge in [-0.2, -0.15) is 0 Å². The second kappa shape index (κ2) is 8.50. The van der Waals surface area contributed by atoms with Crippen LogP contribution in [-0.2, 0) is 14.3 Å². The number of amides is 1. The highest BCUT2D eigenvalue weighted by Gasteiger charge is 2.26. The molecule has 0 saturated carbocycles. The van der Waals surface area contributed by atoms with Crippen molar-refractivity contribution in [3.63, 3.8) is 0 Å². The fourth-order valence-electron chi connectivity index (χ4n) is 1.74. The Morgan fingerprint density at radius 3 is 1.88 bits per heavy atom. The third-order valence-electron chi connectivity index (χ3n) is 2.48. The highest BCUT2D eigenvalue weighted by Crippen LogP contribution is 2.10. The van der Waals surface area contributed by atoms with Crippen molar-refractivity contribution in [3.05, 3.63) is 0 Å². The number of hydrogen-bond donors (Lipinski definition) is 1. The van der Waals surface area contributed by atoms with E-state index >= 15 is 0 Å². The number of carbonyl (C=O) groups is 1. The van der Waals surface area contributed by atoms with E-state index in [1.54, 1.807) is 14.2 Å². The standard InChI is InChI=1S/C11H24N2O3/c1-9(2)10(11(12)14)13(5-7-15-3)6-8-16-4/h9-10H,5-8H2,1-4H3,(H2,12,14). The summed E-state index contributed by atoms with van der Waals surface area (Å²) in [6.45, 7) is 6.52. The molecule has 0 aromatic heterocycles. The van der Waals surface area contributed by atoms with Gasteiger partial charge < -0.3 is 15.2 Å². The maximum atomic E-state index is 11.4. The summed E-state index contributed by atoms with van der Waals surface area (Å²) in [5.41, 5.74) is 5.42. The average Bonchev–Trinajstić information content (AvgIpc) is 2.20. The Hall–Kier alpha value is -0.650. The van der Waals surface area contributed by atoms with Crippen molar-refractivity contribution in [2.24, 2.45) is 11.7 Å². The molecule has 1 unspecified atom stereocenters. The van der Waals surface area contributed by atoms with Crippen LogP contribution in [0.1, 0.15) is 13.8 Å². The molecule has 96 valence electrons. The van der Waals surface area contributed by atoms with E-state index < -0.39 is 0 Å². The summed E-state index contributed by atoms with van der Waals surface area (Å²) in [5, 5.41) is 0. The van der Waals surface area contributed by atoms with Gasteiger partial charge in [-0.15, -0.1) is 0 Å². The predicted octanol–water partition coefficient (Wildman–Crippen LogP) is 0.0911. The van der Waals surface area contributed by atoms with E-state index in [1.807, 2.05) is 18.7 Å². The van der Waals surface area contributed by atoms with Crippen molar-refractivity contribution in [2.45, 2.75) is 19.9 Å². The van der Waals surface area contributed by atoms with E-state index in [-0.39, 0.29) is 17.9 Å². The lowest BCUT2D eigenvalue weighted by molar-refractivity contribution is -0.125. The average molecular weight is 232 g/mol. The van der Waals surface area contributed by atoms with Gasteiger partial charge in [-0.1, -0.05) is 13.8 Å². The molecule has 0 radical (unpaired) electrons. The SMILES string of the molecule is COCCN(CCOC)C(C(N)=O)C(C)C. The smallest absolute Gasteiger partial charge is 0.235 e. The van der Waals surface area contributed by atoms with Crippen molar-refractivity contribution in [2.75, 3.05) is 40.5 Å². The van der Waals surface area contributed by atoms with Crippen LogP contribution < -0.4 is 5.73 Å². The van der Waals surface area contributed by atoms with E-state index in [4.69, 9.17) is 15.2 Å². The fourth-order valence-corrected chi connectivity index (χ4v) is 1.74. The molecule has 1 amide bonds. The van der Waals surface area contributed by atoms with Crippen molar-refractivity contribution < 1.29 is 14.3 Å². The van der Waals surface area contributed by atoms with Crippen molar-refractivity contribution in [1.82, 2.24) is 4.90 Å². The van der Waals surface area contributed by atoms with Crippen LogP contribution in [0, 0.1) is 5.92 Å². The number of rotatable bonds is 9. The maximum absolute atomic E-state index is 11.4. The molecule has 0 aliphatic carbocycles. The number of nitrogens with two attached hydrogens (primary N) is 1. The summed E-state index contributed by atoms with van der Waals surface area (Å²) < 4.78 is 10.1. The van der Waals surface area contributed by atoms with Crippen LogP contribution in [0.2, 0.25) is 0 Å². The van der Waals surface area contributed by atoms with Gasteiger partial charge in [-0.25, -0.2) is 0 Å². The first-order chi connectivity index (χ1) is 7.54. The zero-order valence-electron chi connectivity index (χ0n) is 10.7. The molecule has 0 spiro atoms. The molecule has 0 aliphatic heterocycles. The Kier molecular flexibility index (Phi) is 8.15. The Morgan fingerprint density at radius 1 is 1.19 bits per heavy atom. The Balaban J connectivity index is 4.46. The number of carbonyl (C=O) groups excluding carboxylic acids is 1. The minimum absolute atomic E-state index is 0.186. The summed E-state index contributed by atoms with van der Waals surface area (Å²) in [6.07, 6.45) is 0. The topological polar surface area (TPSA) is 64.8 Å². The highest BCUT2D eigenvalue weighted by molar-refractivity contribution is 5.80. The van der Waals surface area contributed by atoms with Gasteiger partial charge >= 0.3 is 0 Å². The van der Waals surface area contributed by atoms with Gasteiger partial charge in [0, 0.05) is 27.3 Å². The zero-order chi connectivity index (χ0) is 12.6. The summed E-state index contributed by atoms with van der Waals surface area (Å²) in [4.78, 5) is 13.4. The lowest BCUT2D eigenvalue weighted by atomic mass is 10.0. The van der Waals surface area contributed by atoms with Gasteiger partial charge in [-0.05, 0) is 5.92 Å². The van der Waals surface area contributed by atoms with Gasteiger partial charge in [0.2, 0.25) is 5.91 Å². The number of methoxy groups -OCH3 is 2. The third kappa shape index (κ3) is 5.44. The van der Waals surface area contributed by atoms with Crippen LogP contribution >= 0.6 is 0 Å². The molecule has 2 N–H and O–H groups in total. The van der Waals surface area contributed by atoms with Gasteiger partial charge in [0.15, 0.2) is 0 Å². The van der Waals surface area contributed by atoms with E-state index in [0.717, 1.165) is 0 Å². The summed E-state index contributed by atoms with van der Waals surface area (Å²) in [6, 6.07) is -0.259. The van der Waals surface area contributed by atoms with E-state index in [1.165, 1.54) is 0 Å². The molecule has 1 atom stereocenters. The lowest BCUT2D eigenvalue weighted by Gasteiger charge is -2.31. The van der Waals surface area contributed by atoms with Crippen molar-refractivity contribution in [1.29, 1.82) is 0 Å². The minimum Gasteiger partial charge on any atom is -0.383 e. The van der Waals surface area contributed by atoms with E-state index in [9.17, 15) is 4.79 Å². The van der Waals surface area contributed by atoms with Crippen LogP contribution in [0.3, 0.4) is 0 Å². The normalized spacial score (nSPS) is 13.4. The molecule has 0 aliphatic rings. The van der Waals surface area contributed by atoms with Crippen LogP contribution in [0.25, 0.3) is 0 Å². The Labute approximate surface area is 97.9 Å². The summed E-state index contributed by atoms with van der Waals surface area (Å²) >= 11 is 0. The number of ether oxygens (including phenoxy) is 2. The third-order valence-corrected chi connectivity index (χ3v) is 2.48. The molecule has 0 saturated heterocycles. The second-order valence-electron chi connectivity index (χ2n) is 4.11. The molecule has 0 fully saturated rings. The van der Waals surface area contributed by atoms with Gasteiger partial charge in [0.1, 0.15) is 0 Å². The molecular weight excluding hydrogens is 208 g/mol. The lowest BCUT2D eigenvalue weighted by Crippen LogP contribution is -2.50. The van der Waals surface area contributed by atoms with Gasteiger partial charge in [0.05, 0.1) is 19.3 Å². The molecule has 0 bridgehead atoms. The molecule has 0 aromatic carbocycles. The van der Waals surface area contributed by atoms with E-state index in [2.05, 4.69) is 0 Å². The summed E-state index contributed by atoms with van der Waals surface area (Å²) in [7, 11) is 3.28. The van der Waals surface area contributed by atoms with Crippen molar-refractivity contribution in [3.8, 4) is 0 Å².